The van der Waals surface area contributed by atoms with E-state index < -0.39 is 0 Å². The summed E-state index contributed by atoms with van der Waals surface area (Å²) >= 11 is 8.14. The van der Waals surface area contributed by atoms with E-state index in [-0.39, 0.29) is 0 Å². The van der Waals surface area contributed by atoms with Crippen LogP contribution in [0.1, 0.15) is 52.0 Å². The van der Waals surface area contributed by atoms with Crippen molar-refractivity contribution in [3.05, 3.63) is 40.0 Å². The van der Waals surface area contributed by atoms with Crippen LogP contribution in [0.3, 0.4) is 0 Å². The number of hydrogen-bond donors (Lipinski definition) is 0. The summed E-state index contributed by atoms with van der Waals surface area (Å²) in [5.41, 5.74) is 3.87. The quantitative estimate of drug-likeness (QED) is 0.353. The number of nitrogens with zero attached hydrogens (tertiary/aromatic N) is 3. The molecule has 0 fully saturated rings. The Morgan fingerprint density at radius 1 is 0.931 bits per heavy atom. The molecule has 156 valence electrons. The summed E-state index contributed by atoms with van der Waals surface area (Å²) in [6.45, 7) is 15.3. The number of benzene rings is 1. The van der Waals surface area contributed by atoms with E-state index in [4.69, 9.17) is 16.6 Å². The molecule has 0 N–H and O–H groups in total. The van der Waals surface area contributed by atoms with E-state index in [0.29, 0.717) is 17.1 Å². The molecule has 0 radical (unpaired) electrons. The number of halogens is 1. The Morgan fingerprint density at radius 2 is 1.55 bits per heavy atom. The molecule has 0 aliphatic carbocycles. The van der Waals surface area contributed by atoms with Gasteiger partial charge in [0.2, 0.25) is 5.28 Å². The van der Waals surface area contributed by atoms with E-state index in [2.05, 4.69) is 75.7 Å². The third-order valence-corrected chi connectivity index (χ3v) is 6.42. The molecule has 2 heterocycles. The molecule has 0 unspecified atom stereocenters. The van der Waals surface area contributed by atoms with Gasteiger partial charge < -0.3 is 4.90 Å². The highest BCUT2D eigenvalue weighted by Gasteiger charge is 2.23. The Bertz CT molecular complexity index is 950. The first-order chi connectivity index (χ1) is 13.8. The smallest absolute Gasteiger partial charge is 0.225 e. The third kappa shape index (κ3) is 4.92. The van der Waals surface area contributed by atoms with E-state index in [1.807, 2.05) is 0 Å². The zero-order valence-corrected chi connectivity index (χ0v) is 20.0. The van der Waals surface area contributed by atoms with Gasteiger partial charge in [-0.15, -0.1) is 11.3 Å². The molecule has 3 nitrogen and oxygen atoms in total. The van der Waals surface area contributed by atoms with Crippen LogP contribution < -0.4 is 4.90 Å². The SMILES string of the molecule is CCc1ccc(-c2c(CC)sc3nc(Cl)nc(N(CC(C)C)CC(C)C)c23)cc1. The summed E-state index contributed by atoms with van der Waals surface area (Å²) < 4.78 is 0. The van der Waals surface area contributed by atoms with Gasteiger partial charge in [-0.05, 0) is 47.4 Å². The highest BCUT2D eigenvalue weighted by molar-refractivity contribution is 7.19. The molecule has 5 heteroatoms. The van der Waals surface area contributed by atoms with Crippen LogP contribution in [0.4, 0.5) is 5.82 Å². The fourth-order valence-corrected chi connectivity index (χ4v) is 5.16. The van der Waals surface area contributed by atoms with Gasteiger partial charge in [0.05, 0.1) is 5.39 Å². The molecule has 0 saturated heterocycles. The third-order valence-electron chi connectivity index (χ3n) is 5.02. The topological polar surface area (TPSA) is 29.0 Å². The number of fused-ring (bicyclic) bond motifs is 1. The molecule has 3 rings (SSSR count). The molecular weight excluding hydrogens is 398 g/mol. The van der Waals surface area contributed by atoms with Gasteiger partial charge in [0, 0.05) is 23.5 Å². The Balaban J connectivity index is 2.27. The maximum atomic E-state index is 6.39. The van der Waals surface area contributed by atoms with E-state index in [0.717, 1.165) is 42.0 Å². The van der Waals surface area contributed by atoms with Gasteiger partial charge in [0.25, 0.3) is 0 Å². The van der Waals surface area contributed by atoms with Gasteiger partial charge in [-0.1, -0.05) is 65.8 Å². The fraction of sp³-hybridized carbons (Fsp3) is 0.500. The summed E-state index contributed by atoms with van der Waals surface area (Å²) in [7, 11) is 0. The van der Waals surface area contributed by atoms with Crippen molar-refractivity contribution in [2.75, 3.05) is 18.0 Å². The average Bonchev–Trinajstić information content (AvgIpc) is 3.04. The van der Waals surface area contributed by atoms with Crippen molar-refractivity contribution in [1.82, 2.24) is 9.97 Å². The van der Waals surface area contributed by atoms with Crippen LogP contribution in [0.5, 0.6) is 0 Å². The number of anilines is 1. The zero-order valence-electron chi connectivity index (χ0n) is 18.4. The Labute approximate surface area is 184 Å². The van der Waals surface area contributed by atoms with Crippen LogP contribution in [0.15, 0.2) is 24.3 Å². The Hall–Kier alpha value is -1.65. The van der Waals surface area contributed by atoms with E-state index >= 15 is 0 Å². The van der Waals surface area contributed by atoms with Crippen LogP contribution >= 0.6 is 22.9 Å². The highest BCUT2D eigenvalue weighted by atomic mass is 35.5. The monoisotopic (exact) mass is 429 g/mol. The normalized spacial score (nSPS) is 11.8. The summed E-state index contributed by atoms with van der Waals surface area (Å²) in [6.07, 6.45) is 2.02. The minimum Gasteiger partial charge on any atom is -0.355 e. The molecule has 0 aliphatic rings. The first-order valence-electron chi connectivity index (χ1n) is 10.7. The van der Waals surface area contributed by atoms with Crippen LogP contribution in [-0.4, -0.2) is 23.1 Å². The van der Waals surface area contributed by atoms with Gasteiger partial charge in [-0.3, -0.25) is 0 Å². The number of rotatable bonds is 8. The summed E-state index contributed by atoms with van der Waals surface area (Å²) in [6, 6.07) is 8.95. The average molecular weight is 430 g/mol. The van der Waals surface area contributed by atoms with E-state index in [1.165, 1.54) is 21.6 Å². The minimum atomic E-state index is 0.335. The Morgan fingerprint density at radius 3 is 2.07 bits per heavy atom. The van der Waals surface area contributed by atoms with Crippen molar-refractivity contribution in [2.45, 2.75) is 54.4 Å². The summed E-state index contributed by atoms with van der Waals surface area (Å²) in [5.74, 6) is 2.05. The number of hydrogen-bond acceptors (Lipinski definition) is 4. The van der Waals surface area contributed by atoms with Crippen molar-refractivity contribution >= 4 is 39.0 Å². The molecule has 3 aromatic rings. The second kappa shape index (κ2) is 9.44. The molecule has 0 saturated carbocycles. The molecule has 29 heavy (non-hydrogen) atoms. The van der Waals surface area contributed by atoms with Crippen molar-refractivity contribution in [3.63, 3.8) is 0 Å². The van der Waals surface area contributed by atoms with E-state index in [9.17, 15) is 0 Å². The van der Waals surface area contributed by atoms with Crippen LogP contribution in [0.2, 0.25) is 5.28 Å². The lowest BCUT2D eigenvalue weighted by Gasteiger charge is -2.28. The minimum absolute atomic E-state index is 0.335. The van der Waals surface area contributed by atoms with Crippen LogP contribution in [0, 0.1) is 11.8 Å². The van der Waals surface area contributed by atoms with Crippen LogP contribution in [0.25, 0.3) is 21.3 Å². The van der Waals surface area contributed by atoms with Crippen molar-refractivity contribution in [2.24, 2.45) is 11.8 Å². The van der Waals surface area contributed by atoms with Gasteiger partial charge in [-0.25, -0.2) is 4.98 Å². The predicted octanol–water partition coefficient (Wildman–Crippen LogP) is 7.25. The lowest BCUT2D eigenvalue weighted by Crippen LogP contribution is -2.32. The predicted molar refractivity (Wildman–Crippen MR) is 129 cm³/mol. The number of aryl methyl sites for hydroxylation is 2. The van der Waals surface area contributed by atoms with Crippen molar-refractivity contribution < 1.29 is 0 Å². The van der Waals surface area contributed by atoms with Gasteiger partial charge in [0.15, 0.2) is 0 Å². The molecule has 1 aromatic carbocycles. The van der Waals surface area contributed by atoms with Gasteiger partial charge in [-0.2, -0.15) is 4.98 Å². The molecule has 0 spiro atoms. The maximum Gasteiger partial charge on any atom is 0.225 e. The molecule has 2 aromatic heterocycles. The largest absolute Gasteiger partial charge is 0.355 e. The first kappa shape index (κ1) is 22.0. The second-order valence-corrected chi connectivity index (χ2v) is 9.92. The van der Waals surface area contributed by atoms with E-state index in [1.54, 1.807) is 11.3 Å². The fourth-order valence-electron chi connectivity index (χ4n) is 3.82. The van der Waals surface area contributed by atoms with Gasteiger partial charge in [0.1, 0.15) is 10.6 Å². The summed E-state index contributed by atoms with van der Waals surface area (Å²) in [5, 5.41) is 1.49. The molecule has 0 aliphatic heterocycles. The summed E-state index contributed by atoms with van der Waals surface area (Å²) in [4.78, 5) is 14.1. The van der Waals surface area contributed by atoms with Gasteiger partial charge >= 0.3 is 0 Å². The van der Waals surface area contributed by atoms with Crippen molar-refractivity contribution in [1.29, 1.82) is 0 Å². The first-order valence-corrected chi connectivity index (χ1v) is 11.9. The lowest BCUT2D eigenvalue weighted by atomic mass is 9.99. The maximum absolute atomic E-state index is 6.39. The molecule has 0 bridgehead atoms. The highest BCUT2D eigenvalue weighted by Crippen LogP contribution is 2.43. The van der Waals surface area contributed by atoms with Crippen LogP contribution in [-0.2, 0) is 12.8 Å². The zero-order chi connectivity index (χ0) is 21.1. The lowest BCUT2D eigenvalue weighted by molar-refractivity contribution is 0.550. The van der Waals surface area contributed by atoms with Crippen molar-refractivity contribution in [3.8, 4) is 11.1 Å². The Kier molecular flexibility index (Phi) is 7.18. The molecule has 0 atom stereocenters. The number of aromatic nitrogens is 2. The molecule has 0 amide bonds. The molecular formula is C24H32ClN3S. The standard InChI is InChI=1S/C24H32ClN3S/c1-7-17-9-11-18(12-10-17)20-19(8-2)29-23-21(20)22(26-24(25)27-23)28(13-15(3)4)14-16(5)6/h9-12,15-16H,7-8,13-14H2,1-6H3. The second-order valence-electron chi connectivity index (χ2n) is 8.49. The number of thiophene rings is 1.